The van der Waals surface area contributed by atoms with Gasteiger partial charge in [0.2, 0.25) is 15.9 Å². The third kappa shape index (κ3) is 4.99. The molecule has 2 rings (SSSR count). The molecule has 0 atom stereocenters. The Morgan fingerprint density at radius 3 is 2.26 bits per heavy atom. The van der Waals surface area contributed by atoms with Gasteiger partial charge in [-0.15, -0.1) is 0 Å². The first-order valence-electron chi connectivity index (χ1n) is 8.40. The Balaban J connectivity index is 2.14. The summed E-state index contributed by atoms with van der Waals surface area (Å²) in [6, 6.07) is 11.4. The van der Waals surface area contributed by atoms with Crippen LogP contribution in [0.15, 0.2) is 47.4 Å². The van der Waals surface area contributed by atoms with E-state index in [2.05, 4.69) is 5.32 Å². The maximum atomic E-state index is 12.9. The Morgan fingerprint density at radius 1 is 1.07 bits per heavy atom. The van der Waals surface area contributed by atoms with Crippen molar-refractivity contribution < 1.29 is 22.7 Å². The molecule has 0 aliphatic heterocycles. The second kappa shape index (κ2) is 8.88. The molecule has 0 radical (unpaired) electrons. The van der Waals surface area contributed by atoms with Crippen LogP contribution in [0.1, 0.15) is 12.5 Å². The average molecular weight is 392 g/mol. The predicted octanol–water partition coefficient (Wildman–Crippen LogP) is 2.66. The first kappa shape index (κ1) is 20.7. The van der Waals surface area contributed by atoms with Crippen molar-refractivity contribution in [2.45, 2.75) is 18.7 Å². The third-order valence-corrected chi connectivity index (χ3v) is 5.97. The Labute approximate surface area is 160 Å². The van der Waals surface area contributed by atoms with Gasteiger partial charge in [-0.25, -0.2) is 8.42 Å². The van der Waals surface area contributed by atoms with E-state index in [0.29, 0.717) is 22.7 Å². The van der Waals surface area contributed by atoms with Gasteiger partial charge < -0.3 is 14.8 Å². The molecule has 7 nitrogen and oxygen atoms in total. The van der Waals surface area contributed by atoms with Crippen molar-refractivity contribution in [3.63, 3.8) is 0 Å². The maximum Gasteiger partial charge on any atom is 0.243 e. The van der Waals surface area contributed by atoms with E-state index in [4.69, 9.17) is 9.47 Å². The van der Waals surface area contributed by atoms with Crippen molar-refractivity contribution >= 4 is 21.6 Å². The number of carbonyl (C=O) groups is 1. The lowest BCUT2D eigenvalue weighted by Gasteiger charge is -2.20. The molecule has 0 aliphatic rings. The fourth-order valence-corrected chi connectivity index (χ4v) is 4.05. The number of hydrogen-bond donors (Lipinski definition) is 1. The summed E-state index contributed by atoms with van der Waals surface area (Å²) < 4.78 is 37.1. The molecule has 0 aromatic heterocycles. The van der Waals surface area contributed by atoms with Gasteiger partial charge in [0.25, 0.3) is 0 Å². The van der Waals surface area contributed by atoms with Crippen LogP contribution in [0.3, 0.4) is 0 Å². The van der Waals surface area contributed by atoms with E-state index in [-0.39, 0.29) is 18.0 Å². The van der Waals surface area contributed by atoms with E-state index < -0.39 is 15.9 Å². The van der Waals surface area contributed by atoms with E-state index in [1.807, 2.05) is 0 Å². The number of hydrogen-bond acceptors (Lipinski definition) is 5. The van der Waals surface area contributed by atoms with Gasteiger partial charge in [0.15, 0.2) is 0 Å². The molecule has 0 heterocycles. The van der Waals surface area contributed by atoms with Crippen LogP contribution >= 0.6 is 0 Å². The fourth-order valence-electron chi connectivity index (χ4n) is 2.56. The smallest absolute Gasteiger partial charge is 0.243 e. The number of sulfonamides is 1. The topological polar surface area (TPSA) is 84.9 Å². The summed E-state index contributed by atoms with van der Waals surface area (Å²) in [5, 5.41) is 2.69. The molecule has 0 saturated heterocycles. The molecule has 0 spiro atoms. The first-order valence-corrected chi connectivity index (χ1v) is 9.84. The van der Waals surface area contributed by atoms with Crippen molar-refractivity contribution in [3.8, 4) is 11.5 Å². The molecule has 8 heteroatoms. The first-order chi connectivity index (χ1) is 12.8. The average Bonchev–Trinajstić information content (AvgIpc) is 2.66. The number of methoxy groups -OCH3 is 2. The second-order valence-electron chi connectivity index (χ2n) is 5.84. The monoisotopic (exact) mass is 392 g/mol. The number of aryl methyl sites for hydroxylation is 1. The van der Waals surface area contributed by atoms with Crippen molar-refractivity contribution in [1.29, 1.82) is 0 Å². The van der Waals surface area contributed by atoms with E-state index in [0.717, 1.165) is 4.31 Å². The lowest BCUT2D eigenvalue weighted by atomic mass is 10.2. The number of rotatable bonds is 8. The van der Waals surface area contributed by atoms with Gasteiger partial charge in [0.05, 0.1) is 25.7 Å². The van der Waals surface area contributed by atoms with Gasteiger partial charge in [0, 0.05) is 12.2 Å². The zero-order chi connectivity index (χ0) is 20.0. The van der Waals surface area contributed by atoms with Crippen LogP contribution in [-0.4, -0.2) is 45.9 Å². The lowest BCUT2D eigenvalue weighted by molar-refractivity contribution is -0.116. The number of amides is 1. The molecular formula is C19H24N2O5S. The quantitative estimate of drug-likeness (QED) is 0.747. The Bertz CT molecular complexity index is 895. The summed E-state index contributed by atoms with van der Waals surface area (Å²) in [5.41, 5.74) is 1.27. The van der Waals surface area contributed by atoms with Crippen LogP contribution in [-0.2, 0) is 14.8 Å². The van der Waals surface area contributed by atoms with Gasteiger partial charge in [-0.05, 0) is 55.0 Å². The standard InChI is InChI=1S/C19H24N2O5S/c1-5-21(13-19(22)20-15-6-8-16(25-3)9-7-15)27(23,24)17-10-11-18(26-4)14(2)12-17/h6-12H,5,13H2,1-4H3,(H,20,22). The van der Waals surface area contributed by atoms with Crippen LogP contribution in [0.25, 0.3) is 0 Å². The summed E-state index contributed by atoms with van der Waals surface area (Å²) in [7, 11) is -0.720. The minimum absolute atomic E-state index is 0.125. The number of nitrogens with zero attached hydrogens (tertiary/aromatic N) is 1. The number of carbonyl (C=O) groups excluding carboxylic acids is 1. The summed E-state index contributed by atoms with van der Waals surface area (Å²) in [6.45, 7) is 3.35. The second-order valence-corrected chi connectivity index (χ2v) is 7.78. The Hall–Kier alpha value is -2.58. The van der Waals surface area contributed by atoms with Gasteiger partial charge >= 0.3 is 0 Å². The third-order valence-electron chi connectivity index (χ3n) is 4.05. The number of anilines is 1. The van der Waals surface area contributed by atoms with Gasteiger partial charge in [-0.2, -0.15) is 4.31 Å². The summed E-state index contributed by atoms with van der Waals surface area (Å²) in [5.74, 6) is 0.853. The van der Waals surface area contributed by atoms with Gasteiger partial charge in [-0.3, -0.25) is 4.79 Å². The molecule has 0 fully saturated rings. The fraction of sp³-hybridized carbons (Fsp3) is 0.316. The highest BCUT2D eigenvalue weighted by atomic mass is 32.2. The number of nitrogens with one attached hydrogen (secondary N) is 1. The van der Waals surface area contributed by atoms with Crippen molar-refractivity contribution in [2.24, 2.45) is 0 Å². The van der Waals surface area contributed by atoms with Crippen LogP contribution in [0.5, 0.6) is 11.5 Å². The number of likely N-dealkylation sites (N-methyl/N-ethyl adjacent to an activating group) is 1. The van der Waals surface area contributed by atoms with Crippen LogP contribution in [0.2, 0.25) is 0 Å². The van der Waals surface area contributed by atoms with Crippen molar-refractivity contribution in [3.05, 3.63) is 48.0 Å². The Morgan fingerprint density at radius 2 is 1.74 bits per heavy atom. The maximum absolute atomic E-state index is 12.9. The Kier molecular flexibility index (Phi) is 6.81. The predicted molar refractivity (Wildman–Crippen MR) is 104 cm³/mol. The van der Waals surface area contributed by atoms with Gasteiger partial charge in [0.1, 0.15) is 11.5 Å². The number of ether oxygens (including phenoxy) is 2. The van der Waals surface area contributed by atoms with Crippen molar-refractivity contribution in [1.82, 2.24) is 4.31 Å². The van der Waals surface area contributed by atoms with Crippen molar-refractivity contribution in [2.75, 3.05) is 32.6 Å². The molecule has 2 aromatic rings. The zero-order valence-electron chi connectivity index (χ0n) is 15.9. The highest BCUT2D eigenvalue weighted by molar-refractivity contribution is 7.89. The summed E-state index contributed by atoms with van der Waals surface area (Å²) in [4.78, 5) is 12.4. The molecule has 2 aromatic carbocycles. The molecule has 1 N–H and O–H groups in total. The molecule has 27 heavy (non-hydrogen) atoms. The molecule has 0 bridgehead atoms. The summed E-state index contributed by atoms with van der Waals surface area (Å²) >= 11 is 0. The number of benzene rings is 2. The van der Waals surface area contributed by atoms with E-state index in [1.54, 1.807) is 51.3 Å². The van der Waals surface area contributed by atoms with Crippen LogP contribution in [0.4, 0.5) is 5.69 Å². The highest BCUT2D eigenvalue weighted by Crippen LogP contribution is 2.24. The highest BCUT2D eigenvalue weighted by Gasteiger charge is 2.26. The molecule has 0 saturated carbocycles. The van der Waals surface area contributed by atoms with E-state index in [9.17, 15) is 13.2 Å². The molecule has 0 unspecified atom stereocenters. The minimum Gasteiger partial charge on any atom is -0.497 e. The molecule has 0 aliphatic carbocycles. The normalized spacial score (nSPS) is 11.3. The minimum atomic E-state index is -3.80. The van der Waals surface area contributed by atoms with E-state index in [1.165, 1.54) is 19.2 Å². The van der Waals surface area contributed by atoms with Crippen LogP contribution < -0.4 is 14.8 Å². The van der Waals surface area contributed by atoms with E-state index >= 15 is 0 Å². The molecular weight excluding hydrogens is 368 g/mol. The SMILES string of the molecule is CCN(CC(=O)Nc1ccc(OC)cc1)S(=O)(=O)c1ccc(OC)c(C)c1. The lowest BCUT2D eigenvalue weighted by Crippen LogP contribution is -2.37. The van der Waals surface area contributed by atoms with Crippen LogP contribution in [0, 0.1) is 6.92 Å². The summed E-state index contributed by atoms with van der Waals surface area (Å²) in [6.07, 6.45) is 0. The molecule has 1 amide bonds. The van der Waals surface area contributed by atoms with Gasteiger partial charge in [-0.1, -0.05) is 6.92 Å². The largest absolute Gasteiger partial charge is 0.497 e. The molecule has 146 valence electrons. The zero-order valence-corrected chi connectivity index (χ0v) is 16.7.